The first-order chi connectivity index (χ1) is 9.10. The van der Waals surface area contributed by atoms with Gasteiger partial charge in [0.1, 0.15) is 17.6 Å². The lowest BCUT2D eigenvalue weighted by atomic mass is 10.1. The van der Waals surface area contributed by atoms with E-state index in [-0.39, 0.29) is 12.0 Å². The number of carbonyl (C=O) groups excluding carboxylic acids is 1. The maximum Gasteiger partial charge on any atom is 0.339 e. The van der Waals surface area contributed by atoms with Gasteiger partial charge in [-0.05, 0) is 25.7 Å². The lowest BCUT2D eigenvalue weighted by molar-refractivity contribution is -0.140. The Morgan fingerprint density at radius 3 is 2.79 bits per heavy atom. The summed E-state index contributed by atoms with van der Waals surface area (Å²) in [5.74, 6) is 1.90. The molecule has 0 aromatic carbocycles. The van der Waals surface area contributed by atoms with Gasteiger partial charge in [-0.25, -0.2) is 4.79 Å². The standard InChI is InChI=1S/C14H17NO4/c1-9-4-11(6-14(17)18-9)19-12-7-15(8-12)13(16)5-10-2-3-10/h4,6,10,12H,2-3,5,7-8H2,1H3. The highest BCUT2D eigenvalue weighted by atomic mass is 16.5. The van der Waals surface area contributed by atoms with Crippen LogP contribution >= 0.6 is 0 Å². The van der Waals surface area contributed by atoms with Crippen molar-refractivity contribution in [2.75, 3.05) is 13.1 Å². The second kappa shape index (κ2) is 4.72. The fourth-order valence-corrected chi connectivity index (χ4v) is 2.25. The molecule has 0 unspecified atom stereocenters. The highest BCUT2D eigenvalue weighted by molar-refractivity contribution is 5.77. The van der Waals surface area contributed by atoms with Crippen molar-refractivity contribution in [3.8, 4) is 5.75 Å². The van der Waals surface area contributed by atoms with E-state index >= 15 is 0 Å². The number of carbonyl (C=O) groups is 1. The predicted octanol–water partition coefficient (Wildman–Crippen LogP) is 1.34. The molecule has 2 heterocycles. The van der Waals surface area contributed by atoms with E-state index in [1.165, 1.54) is 18.9 Å². The molecule has 1 aromatic rings. The maximum atomic E-state index is 11.8. The van der Waals surface area contributed by atoms with Crippen LogP contribution in [0.2, 0.25) is 0 Å². The molecule has 102 valence electrons. The minimum Gasteiger partial charge on any atom is -0.486 e. The maximum absolute atomic E-state index is 11.8. The first kappa shape index (κ1) is 12.3. The molecule has 1 aromatic heterocycles. The fourth-order valence-electron chi connectivity index (χ4n) is 2.25. The summed E-state index contributed by atoms with van der Waals surface area (Å²) in [4.78, 5) is 24.8. The third kappa shape index (κ3) is 2.97. The van der Waals surface area contributed by atoms with E-state index in [0.29, 0.717) is 36.9 Å². The van der Waals surface area contributed by atoms with Crippen molar-refractivity contribution in [2.24, 2.45) is 5.92 Å². The minimum atomic E-state index is -0.406. The average Bonchev–Trinajstić information content (AvgIpc) is 3.05. The van der Waals surface area contributed by atoms with Crippen molar-refractivity contribution in [1.82, 2.24) is 4.90 Å². The second-order valence-electron chi connectivity index (χ2n) is 5.41. The van der Waals surface area contributed by atoms with Gasteiger partial charge >= 0.3 is 5.63 Å². The quantitative estimate of drug-likeness (QED) is 0.822. The Balaban J connectivity index is 1.50. The van der Waals surface area contributed by atoms with Crippen molar-refractivity contribution >= 4 is 5.91 Å². The highest BCUT2D eigenvalue weighted by Crippen LogP contribution is 2.33. The largest absolute Gasteiger partial charge is 0.486 e. The zero-order valence-electron chi connectivity index (χ0n) is 10.9. The van der Waals surface area contributed by atoms with Crippen LogP contribution in [-0.4, -0.2) is 30.0 Å². The monoisotopic (exact) mass is 263 g/mol. The van der Waals surface area contributed by atoms with Crippen molar-refractivity contribution in [3.63, 3.8) is 0 Å². The van der Waals surface area contributed by atoms with Gasteiger partial charge in [0.05, 0.1) is 19.2 Å². The molecule has 1 saturated carbocycles. The molecule has 1 amide bonds. The Hall–Kier alpha value is -1.78. The van der Waals surface area contributed by atoms with E-state index < -0.39 is 5.63 Å². The van der Waals surface area contributed by atoms with Crippen LogP contribution in [0, 0.1) is 12.8 Å². The topological polar surface area (TPSA) is 59.8 Å². The highest BCUT2D eigenvalue weighted by Gasteiger charge is 2.35. The van der Waals surface area contributed by atoms with Crippen molar-refractivity contribution in [1.29, 1.82) is 0 Å². The van der Waals surface area contributed by atoms with Gasteiger partial charge in [-0.15, -0.1) is 0 Å². The Kier molecular flexibility index (Phi) is 3.05. The number of amides is 1. The van der Waals surface area contributed by atoms with E-state index in [2.05, 4.69) is 0 Å². The second-order valence-corrected chi connectivity index (χ2v) is 5.41. The van der Waals surface area contributed by atoms with E-state index in [4.69, 9.17) is 9.15 Å². The molecule has 19 heavy (non-hydrogen) atoms. The van der Waals surface area contributed by atoms with Gasteiger partial charge in [0.15, 0.2) is 0 Å². The molecule has 0 N–H and O–H groups in total. The number of hydrogen-bond donors (Lipinski definition) is 0. The number of aryl methyl sites for hydroxylation is 1. The molecule has 5 nitrogen and oxygen atoms in total. The Morgan fingerprint density at radius 2 is 2.16 bits per heavy atom. The molecular weight excluding hydrogens is 246 g/mol. The van der Waals surface area contributed by atoms with Gasteiger partial charge in [0.25, 0.3) is 0 Å². The predicted molar refractivity (Wildman–Crippen MR) is 68.1 cm³/mol. The van der Waals surface area contributed by atoms with Gasteiger partial charge < -0.3 is 14.1 Å². The van der Waals surface area contributed by atoms with Crippen molar-refractivity contribution < 1.29 is 13.9 Å². The number of rotatable bonds is 4. The Bertz CT molecular complexity index is 541. The summed E-state index contributed by atoms with van der Waals surface area (Å²) in [7, 11) is 0. The molecule has 2 aliphatic rings. The normalized spacial score (nSPS) is 19.1. The Labute approximate surface area is 111 Å². The van der Waals surface area contributed by atoms with Crippen LogP contribution in [0.3, 0.4) is 0 Å². The van der Waals surface area contributed by atoms with Gasteiger partial charge in [0.2, 0.25) is 5.91 Å². The number of ether oxygens (including phenoxy) is 1. The zero-order chi connectivity index (χ0) is 13.4. The molecular formula is C14H17NO4. The van der Waals surface area contributed by atoms with Crippen LogP contribution < -0.4 is 10.4 Å². The molecule has 1 aliphatic carbocycles. The Morgan fingerprint density at radius 1 is 1.42 bits per heavy atom. The number of likely N-dealkylation sites (tertiary alicyclic amines) is 1. The molecule has 2 fully saturated rings. The molecule has 3 rings (SSSR count). The summed E-state index contributed by atoms with van der Waals surface area (Å²) in [6.45, 7) is 2.94. The third-order valence-electron chi connectivity index (χ3n) is 3.53. The molecule has 0 atom stereocenters. The summed E-state index contributed by atoms with van der Waals surface area (Å²) in [6.07, 6.45) is 3.06. The van der Waals surface area contributed by atoms with E-state index in [1.54, 1.807) is 13.0 Å². The van der Waals surface area contributed by atoms with E-state index in [0.717, 1.165) is 0 Å². The number of hydrogen-bond acceptors (Lipinski definition) is 4. The van der Waals surface area contributed by atoms with E-state index in [9.17, 15) is 9.59 Å². The molecule has 0 radical (unpaired) electrons. The van der Waals surface area contributed by atoms with Crippen molar-refractivity contribution in [2.45, 2.75) is 32.3 Å². The summed E-state index contributed by atoms with van der Waals surface area (Å²) in [5.41, 5.74) is -0.406. The van der Waals surface area contributed by atoms with Crippen LogP contribution in [-0.2, 0) is 4.79 Å². The van der Waals surface area contributed by atoms with Crippen LogP contribution in [0.5, 0.6) is 5.75 Å². The van der Waals surface area contributed by atoms with Crippen LogP contribution in [0.1, 0.15) is 25.0 Å². The molecule has 1 aliphatic heterocycles. The van der Waals surface area contributed by atoms with Gasteiger partial charge in [-0.2, -0.15) is 0 Å². The van der Waals surface area contributed by atoms with Crippen LogP contribution in [0.4, 0.5) is 0 Å². The molecule has 0 spiro atoms. The smallest absolute Gasteiger partial charge is 0.339 e. The summed E-state index contributed by atoms with van der Waals surface area (Å²) in [5, 5.41) is 0. The summed E-state index contributed by atoms with van der Waals surface area (Å²) < 4.78 is 10.5. The van der Waals surface area contributed by atoms with Crippen LogP contribution in [0.15, 0.2) is 21.3 Å². The van der Waals surface area contributed by atoms with E-state index in [1.807, 2.05) is 4.90 Å². The summed E-state index contributed by atoms with van der Waals surface area (Å²) >= 11 is 0. The zero-order valence-corrected chi connectivity index (χ0v) is 10.9. The van der Waals surface area contributed by atoms with Gasteiger partial charge in [-0.1, -0.05) is 0 Å². The first-order valence-electron chi connectivity index (χ1n) is 6.66. The first-order valence-corrected chi connectivity index (χ1v) is 6.66. The van der Waals surface area contributed by atoms with Crippen LogP contribution in [0.25, 0.3) is 0 Å². The molecule has 1 saturated heterocycles. The molecule has 0 bridgehead atoms. The fraction of sp³-hybridized carbons (Fsp3) is 0.571. The molecule has 5 heteroatoms. The third-order valence-corrected chi connectivity index (χ3v) is 3.53. The number of nitrogens with zero attached hydrogens (tertiary/aromatic N) is 1. The SMILES string of the molecule is Cc1cc(OC2CN(C(=O)CC3CC3)C2)cc(=O)o1. The average molecular weight is 263 g/mol. The minimum absolute atomic E-state index is 0.00986. The summed E-state index contributed by atoms with van der Waals surface area (Å²) in [6, 6.07) is 3.03. The van der Waals surface area contributed by atoms with Gasteiger partial charge in [-0.3, -0.25) is 4.79 Å². The lowest BCUT2D eigenvalue weighted by Crippen LogP contribution is -2.56. The lowest BCUT2D eigenvalue weighted by Gasteiger charge is -2.39. The van der Waals surface area contributed by atoms with Gasteiger partial charge in [0, 0.05) is 12.5 Å². The van der Waals surface area contributed by atoms with Crippen molar-refractivity contribution in [3.05, 3.63) is 28.3 Å².